The van der Waals surface area contributed by atoms with Crippen LogP contribution in [0.3, 0.4) is 0 Å². The third-order valence-electron chi connectivity index (χ3n) is 2.36. The van der Waals surface area contributed by atoms with Crippen LogP contribution in [0.25, 0.3) is 10.9 Å². The van der Waals surface area contributed by atoms with E-state index < -0.39 is 11.6 Å². The number of rotatable bonds is 2. The van der Waals surface area contributed by atoms with Crippen LogP contribution in [-0.2, 0) is 0 Å². The van der Waals surface area contributed by atoms with E-state index in [4.69, 9.17) is 9.63 Å². The van der Waals surface area contributed by atoms with Crippen LogP contribution in [0.2, 0.25) is 0 Å². The van der Waals surface area contributed by atoms with Crippen LogP contribution in [0.5, 0.6) is 0 Å². The van der Waals surface area contributed by atoms with E-state index in [0.29, 0.717) is 10.9 Å². The molecule has 2 rings (SSSR count). The van der Waals surface area contributed by atoms with Gasteiger partial charge >= 0.3 is 11.6 Å². The third kappa shape index (κ3) is 1.41. The number of fused-ring (bicyclic) bond motifs is 1. The smallest absolute Gasteiger partial charge is 0.365 e. The Morgan fingerprint density at radius 3 is 2.69 bits per heavy atom. The Hall–Kier alpha value is -2.04. The van der Waals surface area contributed by atoms with Crippen LogP contribution in [0.1, 0.15) is 30.2 Å². The molecule has 0 aliphatic rings. The Morgan fingerprint density at radius 1 is 1.44 bits per heavy atom. The first-order chi connectivity index (χ1) is 7.52. The monoisotopic (exact) mass is 221 g/mol. The van der Waals surface area contributed by atoms with E-state index in [1.165, 1.54) is 16.9 Å². The molecule has 1 N–H and O–H groups in total. The van der Waals surface area contributed by atoms with Crippen LogP contribution in [0.4, 0.5) is 0 Å². The zero-order valence-corrected chi connectivity index (χ0v) is 8.93. The number of aromatic carboxylic acids is 1. The number of hydrogen-bond donors (Lipinski definition) is 1. The number of carboxylic acid groups (broad SMARTS) is 1. The van der Waals surface area contributed by atoms with Gasteiger partial charge in [-0.15, -0.1) is 0 Å². The van der Waals surface area contributed by atoms with Gasteiger partial charge in [0.2, 0.25) is 0 Å². The molecule has 1 heterocycles. The van der Waals surface area contributed by atoms with Crippen molar-refractivity contribution in [2.24, 2.45) is 0 Å². The number of carbonyl (C=O) groups is 1. The number of carboxylic acids is 1. The Kier molecular flexibility index (Phi) is 2.30. The van der Waals surface area contributed by atoms with Crippen molar-refractivity contribution in [1.29, 1.82) is 0 Å². The van der Waals surface area contributed by atoms with E-state index in [-0.39, 0.29) is 11.6 Å². The highest BCUT2D eigenvalue weighted by Crippen LogP contribution is 2.20. The fraction of sp³-hybridized carbons (Fsp3) is 0.273. The lowest BCUT2D eigenvalue weighted by Crippen LogP contribution is -2.04. The lowest BCUT2D eigenvalue weighted by molar-refractivity contribution is 0.0697. The summed E-state index contributed by atoms with van der Waals surface area (Å²) in [5.41, 5.74) is -0.0844. The van der Waals surface area contributed by atoms with Gasteiger partial charge in [0.25, 0.3) is 0 Å². The van der Waals surface area contributed by atoms with E-state index in [1.807, 2.05) is 13.8 Å². The normalized spacial score (nSPS) is 11.2. The Bertz CT molecular complexity index is 606. The lowest BCUT2D eigenvalue weighted by Gasteiger charge is -2.07. The first kappa shape index (κ1) is 10.5. The van der Waals surface area contributed by atoms with Crippen molar-refractivity contribution in [3.05, 3.63) is 34.2 Å². The van der Waals surface area contributed by atoms with Gasteiger partial charge in [0.15, 0.2) is 0 Å². The summed E-state index contributed by atoms with van der Waals surface area (Å²) in [4.78, 5) is 22.5. The highest BCUT2D eigenvalue weighted by molar-refractivity contribution is 6.01. The molecular weight excluding hydrogens is 210 g/mol. The molecule has 0 saturated heterocycles. The van der Waals surface area contributed by atoms with E-state index in [1.54, 1.807) is 6.07 Å². The predicted molar refractivity (Wildman–Crippen MR) is 57.8 cm³/mol. The molecule has 2 aromatic rings. The molecule has 0 bridgehead atoms. The van der Waals surface area contributed by atoms with Crippen molar-refractivity contribution in [3.8, 4) is 0 Å². The van der Waals surface area contributed by atoms with Gasteiger partial charge in [0.05, 0.1) is 17.0 Å². The van der Waals surface area contributed by atoms with Crippen molar-refractivity contribution in [3.63, 3.8) is 0 Å². The molecule has 5 nitrogen and oxygen atoms in total. The van der Waals surface area contributed by atoms with Gasteiger partial charge in [0.1, 0.15) is 5.52 Å². The zero-order valence-electron chi connectivity index (χ0n) is 8.93. The van der Waals surface area contributed by atoms with Gasteiger partial charge in [-0.3, -0.25) is 0 Å². The summed E-state index contributed by atoms with van der Waals surface area (Å²) in [6.45, 7) is 3.64. The molecule has 0 aliphatic carbocycles. The summed E-state index contributed by atoms with van der Waals surface area (Å²) in [6.07, 6.45) is 0. The standard InChI is InChI=1S/C11H11NO4/c1-6(2)12-9-7(10(13)14)4-3-5-8(9)11(15)16-12/h3-6H,1-2H3,(H,13,14). The summed E-state index contributed by atoms with van der Waals surface area (Å²) >= 11 is 0. The van der Waals surface area contributed by atoms with Gasteiger partial charge in [-0.1, -0.05) is 6.07 Å². The van der Waals surface area contributed by atoms with Gasteiger partial charge in [-0.05, 0) is 26.0 Å². The van der Waals surface area contributed by atoms with Gasteiger partial charge in [-0.2, -0.15) is 0 Å². The number of nitrogens with zero attached hydrogens (tertiary/aromatic N) is 1. The summed E-state index contributed by atoms with van der Waals surface area (Å²) in [7, 11) is 0. The van der Waals surface area contributed by atoms with Crippen LogP contribution in [-0.4, -0.2) is 15.8 Å². The van der Waals surface area contributed by atoms with E-state index in [0.717, 1.165) is 0 Å². The average molecular weight is 221 g/mol. The summed E-state index contributed by atoms with van der Waals surface area (Å²) in [5.74, 6) is -1.07. The van der Waals surface area contributed by atoms with Gasteiger partial charge in [0, 0.05) is 0 Å². The predicted octanol–water partition coefficient (Wildman–Crippen LogP) is 1.87. The first-order valence-corrected chi connectivity index (χ1v) is 4.90. The second kappa shape index (κ2) is 3.52. The summed E-state index contributed by atoms with van der Waals surface area (Å²) < 4.78 is 6.35. The van der Waals surface area contributed by atoms with Crippen molar-refractivity contribution in [2.75, 3.05) is 0 Å². The molecule has 0 radical (unpaired) electrons. The molecule has 1 aromatic carbocycles. The minimum absolute atomic E-state index is 0.0806. The first-order valence-electron chi connectivity index (χ1n) is 4.90. The second-order valence-corrected chi connectivity index (χ2v) is 3.81. The Balaban J connectivity index is 2.94. The van der Waals surface area contributed by atoms with E-state index in [2.05, 4.69) is 0 Å². The van der Waals surface area contributed by atoms with Crippen LogP contribution < -0.4 is 5.63 Å². The molecule has 16 heavy (non-hydrogen) atoms. The van der Waals surface area contributed by atoms with Crippen LogP contribution in [0.15, 0.2) is 27.5 Å². The lowest BCUT2D eigenvalue weighted by atomic mass is 10.1. The topological polar surface area (TPSA) is 72.4 Å². The number of benzene rings is 1. The van der Waals surface area contributed by atoms with Crippen LogP contribution >= 0.6 is 0 Å². The van der Waals surface area contributed by atoms with Gasteiger partial charge < -0.3 is 9.63 Å². The highest BCUT2D eigenvalue weighted by atomic mass is 16.5. The second-order valence-electron chi connectivity index (χ2n) is 3.81. The SMILES string of the molecule is CC(C)n1oc(=O)c2cccc(C(=O)O)c21. The fourth-order valence-electron chi connectivity index (χ4n) is 1.67. The third-order valence-corrected chi connectivity index (χ3v) is 2.36. The number of hydrogen-bond acceptors (Lipinski definition) is 3. The fourth-order valence-corrected chi connectivity index (χ4v) is 1.67. The minimum Gasteiger partial charge on any atom is -0.478 e. The molecular formula is C11H11NO4. The van der Waals surface area contributed by atoms with E-state index in [9.17, 15) is 9.59 Å². The molecule has 0 unspecified atom stereocenters. The molecule has 0 spiro atoms. The molecule has 1 aromatic heterocycles. The molecule has 0 amide bonds. The largest absolute Gasteiger partial charge is 0.478 e. The van der Waals surface area contributed by atoms with Crippen molar-refractivity contribution >= 4 is 16.9 Å². The quantitative estimate of drug-likeness (QED) is 0.840. The zero-order chi connectivity index (χ0) is 11.9. The molecule has 84 valence electrons. The molecule has 0 aliphatic heterocycles. The maximum atomic E-state index is 11.5. The maximum absolute atomic E-state index is 11.5. The van der Waals surface area contributed by atoms with Crippen molar-refractivity contribution in [2.45, 2.75) is 19.9 Å². The Labute approximate surface area is 90.9 Å². The van der Waals surface area contributed by atoms with E-state index >= 15 is 0 Å². The average Bonchev–Trinajstić information content (AvgIpc) is 2.56. The minimum atomic E-state index is -1.07. The maximum Gasteiger partial charge on any atom is 0.365 e. The molecule has 0 saturated carbocycles. The van der Waals surface area contributed by atoms with Crippen molar-refractivity contribution < 1.29 is 14.4 Å². The summed E-state index contributed by atoms with van der Waals surface area (Å²) in [6, 6.07) is 4.45. The summed E-state index contributed by atoms with van der Waals surface area (Å²) in [5, 5.41) is 9.34. The number of para-hydroxylation sites is 1. The number of aromatic nitrogens is 1. The van der Waals surface area contributed by atoms with Crippen LogP contribution in [0, 0.1) is 0 Å². The highest BCUT2D eigenvalue weighted by Gasteiger charge is 2.18. The molecule has 0 fully saturated rings. The van der Waals surface area contributed by atoms with Gasteiger partial charge in [-0.25, -0.2) is 14.3 Å². The Morgan fingerprint density at radius 2 is 2.12 bits per heavy atom. The molecule has 5 heteroatoms. The van der Waals surface area contributed by atoms with Crippen molar-refractivity contribution in [1.82, 2.24) is 4.74 Å². The molecule has 0 atom stereocenters.